The van der Waals surface area contributed by atoms with Gasteiger partial charge in [-0.05, 0) is 142 Å². The van der Waals surface area contributed by atoms with Crippen LogP contribution in [0.5, 0.6) is 0 Å². The molecule has 0 radical (unpaired) electrons. The molecule has 0 amide bonds. The fraction of sp³-hybridized carbons (Fsp3) is 0.893. The van der Waals surface area contributed by atoms with Crippen LogP contribution in [0, 0.1) is 88.8 Å². The average molecular weight is 423 g/mol. The van der Waals surface area contributed by atoms with Crippen molar-refractivity contribution < 1.29 is 14.3 Å². The van der Waals surface area contributed by atoms with Crippen molar-refractivity contribution in [2.24, 2.45) is 88.8 Å². The van der Waals surface area contributed by atoms with E-state index in [1.807, 2.05) is 20.8 Å². The summed E-state index contributed by atoms with van der Waals surface area (Å²) in [5.41, 5.74) is -0.467. The van der Waals surface area contributed by atoms with Crippen molar-refractivity contribution in [3.8, 4) is 0 Å². The Morgan fingerprint density at radius 1 is 0.742 bits per heavy atom. The van der Waals surface area contributed by atoms with E-state index < -0.39 is 11.8 Å². The van der Waals surface area contributed by atoms with Crippen LogP contribution in [0.1, 0.15) is 52.9 Å². The van der Waals surface area contributed by atoms with Gasteiger partial charge in [-0.3, -0.25) is 0 Å². The van der Waals surface area contributed by atoms with Crippen LogP contribution >= 0.6 is 0 Å². The van der Waals surface area contributed by atoms with Crippen LogP contribution in [0.25, 0.3) is 0 Å². The summed E-state index contributed by atoms with van der Waals surface area (Å²) in [5.74, 6) is 14.7. The van der Waals surface area contributed by atoms with Gasteiger partial charge in [-0.1, -0.05) is 12.2 Å². The van der Waals surface area contributed by atoms with Crippen molar-refractivity contribution >= 4 is 6.16 Å². The molecule has 15 atom stereocenters. The summed E-state index contributed by atoms with van der Waals surface area (Å²) in [7, 11) is 0. The zero-order valence-corrected chi connectivity index (χ0v) is 19.3. The molecule has 0 aromatic heterocycles. The lowest BCUT2D eigenvalue weighted by molar-refractivity contribution is -0.0454. The quantitative estimate of drug-likeness (QED) is 0.321. The van der Waals surface area contributed by atoms with Crippen molar-refractivity contribution in [3.63, 3.8) is 0 Å². The highest BCUT2D eigenvalue weighted by Gasteiger charge is 2.75. The Labute approximate surface area is 186 Å². The molecule has 3 heteroatoms. The largest absolute Gasteiger partial charge is 0.508 e. The van der Waals surface area contributed by atoms with E-state index in [0.717, 1.165) is 82.9 Å². The first-order chi connectivity index (χ1) is 14.9. The fourth-order valence-corrected chi connectivity index (χ4v) is 12.3. The standard InChI is InChI=1S/C28H38O3/c1-28(2,3)31-27(29)30-11-15-7-14-8-16(15)24-20-10-19(23(14)24)25-17-9-18(26(20)25)22-13-5-4-12(6-13)21(17)22/h4-5,12-26H,6-11H2,1-3H3. The van der Waals surface area contributed by atoms with Crippen molar-refractivity contribution in [2.45, 2.75) is 58.5 Å². The van der Waals surface area contributed by atoms with Crippen molar-refractivity contribution in [1.82, 2.24) is 0 Å². The Morgan fingerprint density at radius 3 is 1.97 bits per heavy atom. The van der Waals surface area contributed by atoms with E-state index in [1.54, 1.807) is 12.8 Å². The first-order valence-corrected chi connectivity index (χ1v) is 13.4. The molecule has 3 nitrogen and oxygen atoms in total. The summed E-state index contributed by atoms with van der Waals surface area (Å²) in [6.07, 6.45) is 12.1. The van der Waals surface area contributed by atoms with E-state index in [2.05, 4.69) is 12.2 Å². The van der Waals surface area contributed by atoms with Gasteiger partial charge in [0.15, 0.2) is 0 Å². The van der Waals surface area contributed by atoms with Gasteiger partial charge < -0.3 is 9.47 Å². The van der Waals surface area contributed by atoms with Crippen molar-refractivity contribution in [2.75, 3.05) is 6.61 Å². The van der Waals surface area contributed by atoms with Crippen LogP contribution < -0.4 is 0 Å². The number of rotatable bonds is 2. The maximum Gasteiger partial charge on any atom is 0.508 e. The molecule has 0 aromatic carbocycles. The minimum absolute atomic E-state index is 0.467. The lowest BCUT2D eigenvalue weighted by atomic mass is 9.54. The van der Waals surface area contributed by atoms with Gasteiger partial charge in [0, 0.05) is 0 Å². The van der Waals surface area contributed by atoms with E-state index in [4.69, 9.17) is 9.47 Å². The molecular weight excluding hydrogens is 384 g/mol. The fourth-order valence-electron chi connectivity index (χ4n) is 12.3. The lowest BCUT2D eigenvalue weighted by Gasteiger charge is -2.50. The van der Waals surface area contributed by atoms with Gasteiger partial charge in [0.1, 0.15) is 5.60 Å². The highest BCUT2D eigenvalue weighted by Crippen LogP contribution is 2.81. The summed E-state index contributed by atoms with van der Waals surface area (Å²) >= 11 is 0. The lowest BCUT2D eigenvalue weighted by Crippen LogP contribution is -2.47. The van der Waals surface area contributed by atoms with Crippen molar-refractivity contribution in [1.29, 1.82) is 0 Å². The molecule has 8 aliphatic rings. The van der Waals surface area contributed by atoms with E-state index in [0.29, 0.717) is 12.5 Å². The van der Waals surface area contributed by atoms with E-state index >= 15 is 0 Å². The summed E-state index contributed by atoms with van der Waals surface area (Å²) in [6.45, 7) is 6.33. The second-order valence-electron chi connectivity index (χ2n) is 14.0. The number of carbonyl (C=O) groups is 1. The Balaban J connectivity index is 1.01. The van der Waals surface area contributed by atoms with Gasteiger partial charge in [0.25, 0.3) is 0 Å². The third-order valence-electron chi connectivity index (χ3n) is 12.1. The monoisotopic (exact) mass is 422 g/mol. The molecule has 168 valence electrons. The van der Waals surface area contributed by atoms with Crippen LogP contribution in [0.15, 0.2) is 12.2 Å². The first kappa shape index (κ1) is 18.4. The SMILES string of the molecule is CC(C)(C)OC(=O)OCC1CC2CC1C1C3CC(C21)C1C2CC(C4C5C=CC(C5)C24)C31. The maximum absolute atomic E-state index is 12.1. The van der Waals surface area contributed by atoms with Gasteiger partial charge >= 0.3 is 6.16 Å². The molecule has 31 heavy (non-hydrogen) atoms. The minimum atomic E-state index is -0.469. The summed E-state index contributed by atoms with van der Waals surface area (Å²) in [6, 6.07) is 0. The van der Waals surface area contributed by atoms with Crippen LogP contribution in [-0.2, 0) is 9.47 Å². The normalized spacial score (nSPS) is 60.5. The van der Waals surface area contributed by atoms with Crippen LogP contribution in [-0.4, -0.2) is 18.4 Å². The number of hydrogen-bond acceptors (Lipinski definition) is 3. The number of fused-ring (bicyclic) bond motifs is 23. The second kappa shape index (κ2) is 5.73. The zero-order chi connectivity index (χ0) is 20.8. The molecule has 0 heterocycles. The number of ether oxygens (including phenoxy) is 2. The minimum Gasteiger partial charge on any atom is -0.434 e. The Morgan fingerprint density at radius 2 is 1.32 bits per heavy atom. The summed E-state index contributed by atoms with van der Waals surface area (Å²) in [4.78, 5) is 12.1. The molecule has 0 aromatic rings. The summed E-state index contributed by atoms with van der Waals surface area (Å²) < 4.78 is 11.0. The predicted molar refractivity (Wildman–Crippen MR) is 117 cm³/mol. The number of carbonyl (C=O) groups excluding carboxylic acids is 1. The molecule has 8 bridgehead atoms. The van der Waals surface area contributed by atoms with E-state index in [-0.39, 0.29) is 0 Å². The molecule has 0 saturated heterocycles. The van der Waals surface area contributed by atoms with Crippen LogP contribution in [0.2, 0.25) is 0 Å². The van der Waals surface area contributed by atoms with Crippen LogP contribution in [0.3, 0.4) is 0 Å². The molecule has 0 aliphatic heterocycles. The molecular formula is C28H38O3. The van der Waals surface area contributed by atoms with Gasteiger partial charge in [-0.15, -0.1) is 0 Å². The van der Waals surface area contributed by atoms with Gasteiger partial charge in [-0.2, -0.15) is 0 Å². The molecule has 0 N–H and O–H groups in total. The Kier molecular flexibility index (Phi) is 3.41. The molecule has 8 rings (SSSR count). The molecule has 7 saturated carbocycles. The first-order valence-electron chi connectivity index (χ1n) is 13.4. The van der Waals surface area contributed by atoms with Gasteiger partial charge in [0.2, 0.25) is 0 Å². The van der Waals surface area contributed by atoms with Crippen LogP contribution in [0.4, 0.5) is 4.79 Å². The Hall–Kier alpha value is -0.990. The number of hydrogen-bond donors (Lipinski definition) is 0. The predicted octanol–water partition coefficient (Wildman–Crippen LogP) is 5.80. The Bertz CT molecular complexity index is 855. The smallest absolute Gasteiger partial charge is 0.434 e. The average Bonchev–Trinajstić information content (AvgIpc) is 3.50. The zero-order valence-electron chi connectivity index (χ0n) is 19.3. The molecule has 0 spiro atoms. The van der Waals surface area contributed by atoms with Crippen molar-refractivity contribution in [3.05, 3.63) is 12.2 Å². The highest BCUT2D eigenvalue weighted by molar-refractivity contribution is 5.60. The van der Waals surface area contributed by atoms with E-state index in [1.165, 1.54) is 19.3 Å². The molecule has 15 unspecified atom stereocenters. The highest BCUT2D eigenvalue weighted by atomic mass is 16.7. The number of allylic oxidation sites excluding steroid dienone is 2. The van der Waals surface area contributed by atoms with E-state index in [9.17, 15) is 4.79 Å². The summed E-state index contributed by atoms with van der Waals surface area (Å²) in [5, 5.41) is 0. The topological polar surface area (TPSA) is 35.5 Å². The third-order valence-corrected chi connectivity index (χ3v) is 12.1. The third kappa shape index (κ3) is 2.20. The van der Waals surface area contributed by atoms with Gasteiger partial charge in [0.05, 0.1) is 6.61 Å². The second-order valence-corrected chi connectivity index (χ2v) is 14.0. The van der Waals surface area contributed by atoms with Gasteiger partial charge in [-0.25, -0.2) is 4.79 Å². The molecule has 8 aliphatic carbocycles. The maximum atomic E-state index is 12.1. The molecule has 7 fully saturated rings.